The van der Waals surface area contributed by atoms with Crippen molar-refractivity contribution in [2.24, 2.45) is 0 Å². The minimum Gasteiger partial charge on any atom is -0.489 e. The molecule has 0 radical (unpaired) electrons. The zero-order chi connectivity index (χ0) is 17.7. The van der Waals surface area contributed by atoms with Crippen LogP contribution in [0.25, 0.3) is 0 Å². The van der Waals surface area contributed by atoms with Gasteiger partial charge in [0.1, 0.15) is 18.4 Å². The van der Waals surface area contributed by atoms with Crippen LogP contribution >= 0.6 is 0 Å². The van der Waals surface area contributed by atoms with Gasteiger partial charge in [-0.15, -0.1) is 0 Å². The van der Waals surface area contributed by atoms with E-state index in [9.17, 15) is 19.5 Å². The van der Waals surface area contributed by atoms with Gasteiger partial charge in [-0.05, 0) is 18.6 Å². The average Bonchev–Trinajstić information content (AvgIpc) is 2.92. The monoisotopic (exact) mass is 345 g/mol. The molecule has 2 atom stereocenters. The van der Waals surface area contributed by atoms with E-state index >= 15 is 0 Å². The van der Waals surface area contributed by atoms with Crippen LogP contribution in [0.4, 0.5) is 5.69 Å². The van der Waals surface area contributed by atoms with Crippen molar-refractivity contribution >= 4 is 23.4 Å². The largest absolute Gasteiger partial charge is 0.489 e. The molecule has 1 saturated heterocycles. The minimum atomic E-state index is -0.642. The zero-order valence-electron chi connectivity index (χ0n) is 13.8. The number of likely N-dealkylation sites (N-methyl/N-ethyl adjacent to an activating group) is 1. The van der Waals surface area contributed by atoms with Gasteiger partial charge in [-0.1, -0.05) is 0 Å². The first kappa shape index (κ1) is 15.9. The number of carbonyl (C=O) groups excluding carboxylic acids is 3. The first-order chi connectivity index (χ1) is 12.0. The van der Waals surface area contributed by atoms with Crippen molar-refractivity contribution < 1.29 is 24.2 Å². The van der Waals surface area contributed by atoms with Crippen molar-refractivity contribution in [1.29, 1.82) is 0 Å². The molecule has 2 N–H and O–H groups in total. The van der Waals surface area contributed by atoms with Gasteiger partial charge in [0.05, 0.1) is 18.3 Å². The summed E-state index contributed by atoms with van der Waals surface area (Å²) in [5.74, 6) is -0.276. The average molecular weight is 345 g/mol. The molecule has 0 saturated carbocycles. The van der Waals surface area contributed by atoms with Crippen molar-refractivity contribution in [3.8, 4) is 5.75 Å². The van der Waals surface area contributed by atoms with E-state index in [0.29, 0.717) is 24.3 Å². The number of fused-ring (bicyclic) bond motifs is 3. The smallest absolute Gasteiger partial charge is 0.255 e. The number of nitrogens with zero attached hydrogens (tertiary/aromatic N) is 2. The van der Waals surface area contributed by atoms with Gasteiger partial charge >= 0.3 is 0 Å². The molecular formula is C17H19N3O5. The van der Waals surface area contributed by atoms with Crippen molar-refractivity contribution in [1.82, 2.24) is 10.2 Å². The Labute approximate surface area is 144 Å². The lowest BCUT2D eigenvalue weighted by Gasteiger charge is -2.36. The van der Waals surface area contributed by atoms with Crippen LogP contribution in [0.15, 0.2) is 12.1 Å². The van der Waals surface area contributed by atoms with Crippen LogP contribution in [0.5, 0.6) is 5.75 Å². The highest BCUT2D eigenvalue weighted by Gasteiger charge is 2.42. The summed E-state index contributed by atoms with van der Waals surface area (Å²) in [6, 6.07) is 2.65. The lowest BCUT2D eigenvalue weighted by atomic mass is 10.0. The van der Waals surface area contributed by atoms with Crippen molar-refractivity contribution in [2.75, 3.05) is 25.2 Å². The number of nitrogens with one attached hydrogen (secondary N) is 1. The van der Waals surface area contributed by atoms with E-state index in [1.807, 2.05) is 11.9 Å². The molecule has 3 aliphatic heterocycles. The Morgan fingerprint density at radius 1 is 1.32 bits per heavy atom. The van der Waals surface area contributed by atoms with Gasteiger partial charge in [-0.25, -0.2) is 0 Å². The number of piperidine rings is 1. The van der Waals surface area contributed by atoms with Gasteiger partial charge in [0.2, 0.25) is 11.8 Å². The molecule has 1 aromatic rings. The Kier molecular flexibility index (Phi) is 3.64. The van der Waals surface area contributed by atoms with Gasteiger partial charge < -0.3 is 19.6 Å². The fraction of sp³-hybridized carbons (Fsp3) is 0.471. The second kappa shape index (κ2) is 5.73. The Balaban J connectivity index is 1.69. The Morgan fingerprint density at radius 2 is 2.12 bits per heavy atom. The number of aliphatic hydroxyl groups is 1. The number of carbonyl (C=O) groups is 3. The minimum absolute atomic E-state index is 0.0512. The van der Waals surface area contributed by atoms with E-state index in [0.717, 1.165) is 11.3 Å². The number of ether oxygens (including phenoxy) is 1. The van der Waals surface area contributed by atoms with Crippen molar-refractivity contribution in [3.05, 3.63) is 23.3 Å². The Hall–Kier alpha value is -2.61. The molecule has 0 bridgehead atoms. The van der Waals surface area contributed by atoms with E-state index in [1.54, 1.807) is 12.1 Å². The second-order valence-corrected chi connectivity index (χ2v) is 6.60. The first-order valence-corrected chi connectivity index (χ1v) is 8.28. The summed E-state index contributed by atoms with van der Waals surface area (Å²) >= 11 is 0. The normalized spacial score (nSPS) is 25.4. The van der Waals surface area contributed by atoms with Crippen LogP contribution in [0.1, 0.15) is 28.8 Å². The lowest BCUT2D eigenvalue weighted by Crippen LogP contribution is -2.52. The van der Waals surface area contributed by atoms with E-state index < -0.39 is 11.9 Å². The van der Waals surface area contributed by atoms with Gasteiger partial charge in [-0.3, -0.25) is 19.7 Å². The fourth-order valence-electron chi connectivity index (χ4n) is 3.76. The highest BCUT2D eigenvalue weighted by atomic mass is 16.5. The van der Waals surface area contributed by atoms with E-state index in [1.165, 1.54) is 4.90 Å². The number of hydrogen-bond donors (Lipinski definition) is 2. The Bertz CT molecular complexity index is 778. The van der Waals surface area contributed by atoms with Gasteiger partial charge in [-0.2, -0.15) is 0 Å². The van der Waals surface area contributed by atoms with E-state index in [4.69, 9.17) is 4.74 Å². The highest BCUT2D eigenvalue weighted by molar-refractivity contribution is 6.06. The van der Waals surface area contributed by atoms with Crippen LogP contribution < -0.4 is 15.0 Å². The number of hydrogen-bond acceptors (Lipinski definition) is 6. The number of imide groups is 1. The molecule has 1 aromatic carbocycles. The quantitative estimate of drug-likeness (QED) is 0.710. The summed E-state index contributed by atoms with van der Waals surface area (Å²) < 4.78 is 5.72. The molecule has 25 heavy (non-hydrogen) atoms. The molecule has 8 heteroatoms. The van der Waals surface area contributed by atoms with Gasteiger partial charge in [0.25, 0.3) is 5.91 Å². The zero-order valence-corrected chi connectivity index (χ0v) is 13.8. The first-order valence-electron chi connectivity index (χ1n) is 8.28. The molecule has 1 fully saturated rings. The molecule has 0 aromatic heterocycles. The topological polar surface area (TPSA) is 99.2 Å². The maximum absolute atomic E-state index is 12.8. The predicted octanol–water partition coefficient (Wildman–Crippen LogP) is -0.363. The third-order valence-corrected chi connectivity index (χ3v) is 5.19. The molecule has 0 aliphatic carbocycles. The summed E-state index contributed by atoms with van der Waals surface area (Å²) in [6.07, 6.45) is 0.558. The van der Waals surface area contributed by atoms with Gasteiger partial charge in [0, 0.05) is 31.1 Å². The molecule has 0 spiro atoms. The summed E-state index contributed by atoms with van der Waals surface area (Å²) in [5, 5.41) is 11.8. The van der Waals surface area contributed by atoms with Gasteiger partial charge in [0.15, 0.2) is 0 Å². The third kappa shape index (κ3) is 2.36. The standard InChI is InChI=1S/C17H19N3O5/c1-19-9(7-21)8-25-13-4-2-10-11(15(13)19)6-20(17(10)24)12-3-5-14(22)18-16(12)23/h2,4,9,12,21H,3,5-8H2,1H3,(H,18,22,23)/t9-,12-/m0/s1. The van der Waals surface area contributed by atoms with Crippen LogP contribution in [0.3, 0.4) is 0 Å². The molecule has 3 aliphatic rings. The molecule has 3 amide bonds. The van der Waals surface area contributed by atoms with Crippen molar-refractivity contribution in [2.45, 2.75) is 31.5 Å². The number of anilines is 1. The number of amides is 3. The molecule has 4 rings (SSSR count). The molecule has 132 valence electrons. The third-order valence-electron chi connectivity index (χ3n) is 5.19. The summed E-state index contributed by atoms with van der Waals surface area (Å²) in [4.78, 5) is 39.8. The maximum Gasteiger partial charge on any atom is 0.255 e. The van der Waals surface area contributed by atoms with Crippen LogP contribution in [0, 0.1) is 0 Å². The molecule has 3 heterocycles. The maximum atomic E-state index is 12.8. The van der Waals surface area contributed by atoms with Crippen molar-refractivity contribution in [3.63, 3.8) is 0 Å². The Morgan fingerprint density at radius 3 is 2.84 bits per heavy atom. The highest BCUT2D eigenvalue weighted by Crippen LogP contribution is 2.42. The van der Waals surface area contributed by atoms with Crippen LogP contribution in [-0.2, 0) is 16.1 Å². The summed E-state index contributed by atoms with van der Waals surface area (Å²) in [6.45, 7) is 0.615. The fourth-order valence-corrected chi connectivity index (χ4v) is 3.76. The molecular weight excluding hydrogens is 326 g/mol. The SMILES string of the molecule is CN1c2c(ccc3c2CN([C@H]2CCC(=O)NC2=O)C3=O)OC[C@@H]1CO. The summed E-state index contributed by atoms with van der Waals surface area (Å²) in [5.41, 5.74) is 2.12. The second-order valence-electron chi connectivity index (χ2n) is 6.60. The van der Waals surface area contributed by atoms with E-state index in [-0.39, 0.29) is 37.4 Å². The van der Waals surface area contributed by atoms with E-state index in [2.05, 4.69) is 5.32 Å². The number of rotatable bonds is 2. The van der Waals surface area contributed by atoms with Crippen LogP contribution in [-0.4, -0.2) is 60.1 Å². The number of aliphatic hydroxyl groups excluding tert-OH is 1. The molecule has 8 nitrogen and oxygen atoms in total. The van der Waals surface area contributed by atoms with Crippen LogP contribution in [0.2, 0.25) is 0 Å². The molecule has 0 unspecified atom stereocenters. The lowest BCUT2D eigenvalue weighted by molar-refractivity contribution is -0.136. The number of benzene rings is 1. The predicted molar refractivity (Wildman–Crippen MR) is 87.3 cm³/mol. The summed E-state index contributed by atoms with van der Waals surface area (Å²) in [7, 11) is 1.86.